The lowest BCUT2D eigenvalue weighted by Gasteiger charge is -2.29. The van der Waals surface area contributed by atoms with Crippen molar-refractivity contribution in [3.05, 3.63) is 96.8 Å². The Balaban J connectivity index is 1.67. The molecule has 0 saturated carbocycles. The molecule has 0 aliphatic carbocycles. The van der Waals surface area contributed by atoms with Gasteiger partial charge in [-0.15, -0.1) is 0 Å². The third kappa shape index (κ3) is 4.62. The van der Waals surface area contributed by atoms with Gasteiger partial charge in [-0.05, 0) is 66.8 Å². The average molecular weight is 521 g/mol. The zero-order valence-electron chi connectivity index (χ0n) is 19.6. The molecule has 36 heavy (non-hydrogen) atoms. The van der Waals surface area contributed by atoms with Crippen molar-refractivity contribution in [2.45, 2.75) is 12.1 Å². The third-order valence-corrected chi connectivity index (χ3v) is 6.78. The molecule has 2 N–H and O–H groups in total. The number of hydrogen-bond acceptors (Lipinski definition) is 6. The number of pyridine rings is 2. The minimum atomic E-state index is -3.53. The molecule has 1 aromatic carbocycles. The summed E-state index contributed by atoms with van der Waals surface area (Å²) >= 11 is 5.82. The standard InChI is InChI=1S/C25H24N6O3S2/c1-34-22-9-8-18(16-20(22)29-36(2,32)33)31-24(23(28-25(31)35)19-6-3-4-12-27-19)21-7-5-15-30(21)17-10-13-26-14-11-17/h3-16,23-24,29H,1-2H3,(H,28,35)/t23-,24+/m1/s1. The first kappa shape index (κ1) is 23.8. The lowest BCUT2D eigenvalue weighted by atomic mass is 10.0. The Labute approximate surface area is 214 Å². The summed E-state index contributed by atoms with van der Waals surface area (Å²) in [5.41, 5.74) is 3.78. The van der Waals surface area contributed by atoms with Gasteiger partial charge in [0.15, 0.2) is 5.11 Å². The molecular weight excluding hydrogens is 496 g/mol. The smallest absolute Gasteiger partial charge is 0.229 e. The van der Waals surface area contributed by atoms with E-state index in [9.17, 15) is 8.42 Å². The first-order chi connectivity index (χ1) is 17.4. The quantitative estimate of drug-likeness (QED) is 0.355. The van der Waals surface area contributed by atoms with Crippen molar-refractivity contribution in [3.63, 3.8) is 0 Å². The number of sulfonamides is 1. The van der Waals surface area contributed by atoms with Crippen molar-refractivity contribution >= 4 is 38.7 Å². The van der Waals surface area contributed by atoms with E-state index in [1.807, 2.05) is 59.6 Å². The molecule has 4 aromatic rings. The number of thiocarbonyl (C=S) groups is 1. The van der Waals surface area contributed by atoms with E-state index in [4.69, 9.17) is 17.0 Å². The Morgan fingerprint density at radius 3 is 2.53 bits per heavy atom. The molecule has 5 rings (SSSR count). The third-order valence-electron chi connectivity index (χ3n) is 5.88. The van der Waals surface area contributed by atoms with Gasteiger partial charge in [0, 0.05) is 41.9 Å². The van der Waals surface area contributed by atoms with E-state index in [1.54, 1.807) is 30.7 Å². The number of aromatic nitrogens is 3. The predicted octanol–water partition coefficient (Wildman–Crippen LogP) is 3.82. The number of ether oxygens (including phenoxy) is 1. The molecular formula is C25H24N6O3S2. The first-order valence-electron chi connectivity index (χ1n) is 11.1. The van der Waals surface area contributed by atoms with E-state index in [1.165, 1.54) is 7.11 Å². The molecule has 2 atom stereocenters. The highest BCUT2D eigenvalue weighted by atomic mass is 32.2. The topological polar surface area (TPSA) is 101 Å². The van der Waals surface area contributed by atoms with Crippen molar-refractivity contribution in [2.24, 2.45) is 0 Å². The van der Waals surface area contributed by atoms with E-state index >= 15 is 0 Å². The molecule has 1 saturated heterocycles. The van der Waals surface area contributed by atoms with Crippen LogP contribution in [-0.4, -0.2) is 41.4 Å². The van der Waals surface area contributed by atoms with Crippen LogP contribution < -0.4 is 19.7 Å². The van der Waals surface area contributed by atoms with Gasteiger partial charge in [0.25, 0.3) is 0 Å². The van der Waals surface area contributed by atoms with Gasteiger partial charge in [-0.1, -0.05) is 6.07 Å². The van der Waals surface area contributed by atoms with Crippen molar-refractivity contribution in [2.75, 3.05) is 23.0 Å². The van der Waals surface area contributed by atoms with Crippen LogP contribution in [0.5, 0.6) is 5.75 Å². The van der Waals surface area contributed by atoms with E-state index in [0.29, 0.717) is 22.2 Å². The first-order valence-corrected chi connectivity index (χ1v) is 13.4. The average Bonchev–Trinajstić information content (AvgIpc) is 3.48. The Kier molecular flexibility index (Phi) is 6.33. The molecule has 0 spiro atoms. The van der Waals surface area contributed by atoms with E-state index in [-0.39, 0.29) is 12.1 Å². The van der Waals surface area contributed by atoms with Gasteiger partial charge in [0.1, 0.15) is 11.8 Å². The fourth-order valence-corrected chi connectivity index (χ4v) is 5.34. The minimum Gasteiger partial charge on any atom is -0.495 e. The van der Waals surface area contributed by atoms with E-state index in [0.717, 1.165) is 23.3 Å². The number of nitrogens with one attached hydrogen (secondary N) is 2. The highest BCUT2D eigenvalue weighted by Crippen LogP contribution is 2.43. The van der Waals surface area contributed by atoms with Crippen molar-refractivity contribution in [1.29, 1.82) is 0 Å². The number of methoxy groups -OCH3 is 1. The van der Waals surface area contributed by atoms with Gasteiger partial charge in [0.2, 0.25) is 10.0 Å². The highest BCUT2D eigenvalue weighted by Gasteiger charge is 2.42. The second-order valence-electron chi connectivity index (χ2n) is 8.26. The normalized spacial score (nSPS) is 17.6. The van der Waals surface area contributed by atoms with Crippen LogP contribution in [0.2, 0.25) is 0 Å². The summed E-state index contributed by atoms with van der Waals surface area (Å²) in [4.78, 5) is 10.7. The van der Waals surface area contributed by atoms with Crippen LogP contribution in [0.4, 0.5) is 11.4 Å². The zero-order chi connectivity index (χ0) is 25.3. The fourth-order valence-electron chi connectivity index (χ4n) is 4.43. The van der Waals surface area contributed by atoms with E-state index < -0.39 is 10.0 Å². The Bertz CT molecular complexity index is 1490. The Hall–Kier alpha value is -3.96. The summed E-state index contributed by atoms with van der Waals surface area (Å²) < 4.78 is 34.1. The maximum atomic E-state index is 12.0. The van der Waals surface area contributed by atoms with Crippen LogP contribution in [0.1, 0.15) is 23.5 Å². The minimum absolute atomic E-state index is 0.261. The monoisotopic (exact) mass is 520 g/mol. The Morgan fingerprint density at radius 1 is 1.03 bits per heavy atom. The summed E-state index contributed by atoms with van der Waals surface area (Å²) in [7, 11) is -2.04. The van der Waals surface area contributed by atoms with Gasteiger partial charge in [-0.25, -0.2) is 8.42 Å². The predicted molar refractivity (Wildman–Crippen MR) is 143 cm³/mol. The van der Waals surface area contributed by atoms with Gasteiger partial charge in [-0.3, -0.25) is 14.7 Å². The molecule has 0 bridgehead atoms. The second kappa shape index (κ2) is 9.59. The van der Waals surface area contributed by atoms with Crippen LogP contribution in [-0.2, 0) is 10.0 Å². The summed E-state index contributed by atoms with van der Waals surface area (Å²) in [6.45, 7) is 0. The molecule has 1 aliphatic heterocycles. The second-order valence-corrected chi connectivity index (χ2v) is 10.4. The zero-order valence-corrected chi connectivity index (χ0v) is 21.2. The van der Waals surface area contributed by atoms with Gasteiger partial charge in [-0.2, -0.15) is 0 Å². The molecule has 3 aromatic heterocycles. The molecule has 11 heteroatoms. The van der Waals surface area contributed by atoms with Crippen molar-refractivity contribution in [3.8, 4) is 11.4 Å². The molecule has 0 amide bonds. The van der Waals surface area contributed by atoms with Crippen LogP contribution in [0.15, 0.2) is 85.5 Å². The van der Waals surface area contributed by atoms with Gasteiger partial charge in [0.05, 0.1) is 30.8 Å². The molecule has 0 unspecified atom stereocenters. The fraction of sp³-hybridized carbons (Fsp3) is 0.160. The summed E-state index contributed by atoms with van der Waals surface area (Å²) in [6, 6.07) is 18.4. The molecule has 184 valence electrons. The number of anilines is 2. The molecule has 1 aliphatic rings. The van der Waals surface area contributed by atoms with Crippen molar-refractivity contribution < 1.29 is 13.2 Å². The molecule has 0 radical (unpaired) electrons. The largest absolute Gasteiger partial charge is 0.495 e. The van der Waals surface area contributed by atoms with Gasteiger partial charge < -0.3 is 19.5 Å². The lowest BCUT2D eigenvalue weighted by molar-refractivity contribution is 0.417. The maximum Gasteiger partial charge on any atom is 0.229 e. The van der Waals surface area contributed by atoms with Crippen LogP contribution in [0, 0.1) is 0 Å². The maximum absolute atomic E-state index is 12.0. The number of nitrogens with zero attached hydrogens (tertiary/aromatic N) is 4. The van der Waals surface area contributed by atoms with Crippen LogP contribution >= 0.6 is 12.2 Å². The van der Waals surface area contributed by atoms with Crippen molar-refractivity contribution in [1.82, 2.24) is 19.9 Å². The molecule has 1 fully saturated rings. The summed E-state index contributed by atoms with van der Waals surface area (Å²) in [5.74, 6) is 0.403. The summed E-state index contributed by atoms with van der Waals surface area (Å²) in [5, 5.41) is 3.93. The van der Waals surface area contributed by atoms with Gasteiger partial charge >= 0.3 is 0 Å². The van der Waals surface area contributed by atoms with Crippen LogP contribution in [0.3, 0.4) is 0 Å². The lowest BCUT2D eigenvalue weighted by Crippen LogP contribution is -2.30. The highest BCUT2D eigenvalue weighted by molar-refractivity contribution is 7.92. The molecule has 4 heterocycles. The molecule has 9 nitrogen and oxygen atoms in total. The number of benzene rings is 1. The summed E-state index contributed by atoms with van der Waals surface area (Å²) in [6.07, 6.45) is 8.34. The van der Waals surface area contributed by atoms with Crippen LogP contribution in [0.25, 0.3) is 5.69 Å². The Morgan fingerprint density at radius 2 is 1.83 bits per heavy atom. The number of rotatable bonds is 7. The number of hydrogen-bond donors (Lipinski definition) is 2. The SMILES string of the molecule is COc1ccc(N2C(=S)N[C@H](c3ccccn3)[C@@H]2c2cccn2-c2ccncc2)cc1NS(C)(=O)=O. The van der Waals surface area contributed by atoms with E-state index in [2.05, 4.69) is 24.6 Å².